The Labute approximate surface area is 127 Å². The molecule has 1 heterocycles. The van der Waals surface area contributed by atoms with Gasteiger partial charge in [-0.1, -0.05) is 0 Å². The van der Waals surface area contributed by atoms with Crippen LogP contribution < -0.4 is 10.1 Å². The van der Waals surface area contributed by atoms with E-state index in [0.29, 0.717) is 6.04 Å². The highest BCUT2D eigenvalue weighted by Crippen LogP contribution is 2.37. The normalized spacial score (nSPS) is 22.1. The van der Waals surface area contributed by atoms with Crippen molar-refractivity contribution in [3.05, 3.63) is 22.7 Å². The summed E-state index contributed by atoms with van der Waals surface area (Å²) in [6.07, 6.45) is 4.05. The second-order valence-electron chi connectivity index (χ2n) is 5.37. The Morgan fingerprint density at radius 2 is 1.95 bits per heavy atom. The standard InChI is InChI=1S/C15H20BrNO3/c1-18-12-2-3-13(16)14(10-12)17-11-4-6-15(7-5-11)19-8-9-20-15/h2-3,10-11,17H,4-9H2,1H3. The summed E-state index contributed by atoms with van der Waals surface area (Å²) in [4.78, 5) is 0. The van der Waals surface area contributed by atoms with Crippen LogP contribution in [0.25, 0.3) is 0 Å². The molecule has 1 N–H and O–H groups in total. The number of anilines is 1. The minimum atomic E-state index is -0.288. The average molecular weight is 342 g/mol. The smallest absolute Gasteiger partial charge is 0.168 e. The average Bonchev–Trinajstić information content (AvgIpc) is 2.92. The van der Waals surface area contributed by atoms with Crippen molar-refractivity contribution in [2.24, 2.45) is 0 Å². The molecule has 20 heavy (non-hydrogen) atoms. The molecule has 1 aliphatic carbocycles. The number of methoxy groups -OCH3 is 1. The maximum atomic E-state index is 5.76. The molecule has 0 atom stereocenters. The third-order valence-corrected chi connectivity index (χ3v) is 4.79. The van der Waals surface area contributed by atoms with Gasteiger partial charge in [0.1, 0.15) is 5.75 Å². The fourth-order valence-electron chi connectivity index (χ4n) is 2.95. The number of ether oxygens (including phenoxy) is 3. The SMILES string of the molecule is COc1ccc(Br)c(NC2CCC3(CC2)OCCO3)c1. The number of benzene rings is 1. The van der Waals surface area contributed by atoms with Crippen LogP contribution in [0.4, 0.5) is 5.69 Å². The number of halogens is 1. The van der Waals surface area contributed by atoms with Crippen LogP contribution in [0.2, 0.25) is 0 Å². The Kier molecular flexibility index (Phi) is 4.19. The molecule has 1 aromatic rings. The molecule has 1 aromatic carbocycles. The Bertz CT molecular complexity index is 464. The molecule has 0 bridgehead atoms. The molecule has 0 radical (unpaired) electrons. The van der Waals surface area contributed by atoms with Gasteiger partial charge in [0.05, 0.1) is 26.0 Å². The Morgan fingerprint density at radius 3 is 2.60 bits per heavy atom. The van der Waals surface area contributed by atoms with Gasteiger partial charge in [-0.25, -0.2) is 0 Å². The van der Waals surface area contributed by atoms with Crippen LogP contribution in [-0.4, -0.2) is 32.2 Å². The minimum Gasteiger partial charge on any atom is -0.497 e. The van der Waals surface area contributed by atoms with Gasteiger partial charge >= 0.3 is 0 Å². The van der Waals surface area contributed by atoms with Gasteiger partial charge in [-0.05, 0) is 40.9 Å². The van der Waals surface area contributed by atoms with Crippen molar-refractivity contribution in [3.8, 4) is 5.75 Å². The van der Waals surface area contributed by atoms with Crippen molar-refractivity contribution in [2.75, 3.05) is 25.6 Å². The zero-order valence-electron chi connectivity index (χ0n) is 11.7. The largest absolute Gasteiger partial charge is 0.497 e. The first-order chi connectivity index (χ1) is 9.71. The van der Waals surface area contributed by atoms with E-state index in [0.717, 1.165) is 54.8 Å². The monoisotopic (exact) mass is 341 g/mol. The first kappa shape index (κ1) is 14.2. The molecular weight excluding hydrogens is 322 g/mol. The molecule has 3 rings (SSSR count). The third-order valence-electron chi connectivity index (χ3n) is 4.09. The van der Waals surface area contributed by atoms with Gasteiger partial charge in [0.2, 0.25) is 0 Å². The molecule has 1 saturated carbocycles. The van der Waals surface area contributed by atoms with Gasteiger partial charge < -0.3 is 19.5 Å². The Morgan fingerprint density at radius 1 is 1.25 bits per heavy atom. The van der Waals surface area contributed by atoms with Gasteiger partial charge in [-0.2, -0.15) is 0 Å². The molecular formula is C15H20BrNO3. The lowest BCUT2D eigenvalue weighted by molar-refractivity contribution is -0.177. The fourth-order valence-corrected chi connectivity index (χ4v) is 3.31. The molecule has 2 fully saturated rings. The van der Waals surface area contributed by atoms with Gasteiger partial charge in [0.25, 0.3) is 0 Å². The van der Waals surface area contributed by atoms with E-state index in [1.54, 1.807) is 7.11 Å². The van der Waals surface area contributed by atoms with Crippen molar-refractivity contribution in [3.63, 3.8) is 0 Å². The van der Waals surface area contributed by atoms with Crippen LogP contribution in [-0.2, 0) is 9.47 Å². The summed E-state index contributed by atoms with van der Waals surface area (Å²) in [7, 11) is 1.69. The highest BCUT2D eigenvalue weighted by Gasteiger charge is 2.40. The predicted molar refractivity (Wildman–Crippen MR) is 81.2 cm³/mol. The van der Waals surface area contributed by atoms with Crippen molar-refractivity contribution in [1.82, 2.24) is 0 Å². The quantitative estimate of drug-likeness (QED) is 0.912. The number of hydrogen-bond donors (Lipinski definition) is 1. The summed E-state index contributed by atoms with van der Waals surface area (Å²) >= 11 is 3.58. The van der Waals surface area contributed by atoms with E-state index in [9.17, 15) is 0 Å². The van der Waals surface area contributed by atoms with Crippen LogP contribution in [0, 0.1) is 0 Å². The molecule has 110 valence electrons. The lowest BCUT2D eigenvalue weighted by atomic mass is 9.90. The molecule has 0 amide bonds. The summed E-state index contributed by atoms with van der Waals surface area (Å²) in [5, 5.41) is 3.59. The summed E-state index contributed by atoms with van der Waals surface area (Å²) in [6, 6.07) is 6.44. The topological polar surface area (TPSA) is 39.7 Å². The van der Waals surface area contributed by atoms with Crippen molar-refractivity contribution < 1.29 is 14.2 Å². The molecule has 2 aliphatic rings. The van der Waals surface area contributed by atoms with Gasteiger partial charge in [-0.3, -0.25) is 0 Å². The second kappa shape index (κ2) is 5.92. The van der Waals surface area contributed by atoms with Crippen LogP contribution in [0.15, 0.2) is 22.7 Å². The molecule has 1 spiro atoms. The van der Waals surface area contributed by atoms with Crippen LogP contribution >= 0.6 is 15.9 Å². The Hall–Kier alpha value is -0.780. The summed E-state index contributed by atoms with van der Waals surface area (Å²) in [5.74, 6) is 0.578. The van der Waals surface area contributed by atoms with E-state index < -0.39 is 0 Å². The highest BCUT2D eigenvalue weighted by molar-refractivity contribution is 9.10. The van der Waals surface area contributed by atoms with Crippen LogP contribution in [0.3, 0.4) is 0 Å². The van der Waals surface area contributed by atoms with Gasteiger partial charge in [0.15, 0.2) is 5.79 Å². The third kappa shape index (κ3) is 2.95. The molecule has 1 saturated heterocycles. The molecule has 1 aliphatic heterocycles. The van der Waals surface area contributed by atoms with Gasteiger partial charge in [0, 0.05) is 29.4 Å². The number of nitrogens with one attached hydrogen (secondary N) is 1. The van der Waals surface area contributed by atoms with Crippen molar-refractivity contribution >= 4 is 21.6 Å². The maximum absolute atomic E-state index is 5.76. The van der Waals surface area contributed by atoms with E-state index in [2.05, 4.69) is 21.2 Å². The maximum Gasteiger partial charge on any atom is 0.168 e. The lowest BCUT2D eigenvalue weighted by Gasteiger charge is -2.36. The number of rotatable bonds is 3. The van der Waals surface area contributed by atoms with E-state index >= 15 is 0 Å². The molecule has 0 unspecified atom stereocenters. The lowest BCUT2D eigenvalue weighted by Crippen LogP contribution is -2.39. The fraction of sp³-hybridized carbons (Fsp3) is 0.600. The van der Waals surface area contributed by atoms with Crippen molar-refractivity contribution in [2.45, 2.75) is 37.5 Å². The van der Waals surface area contributed by atoms with E-state index in [1.807, 2.05) is 18.2 Å². The molecule has 4 nitrogen and oxygen atoms in total. The van der Waals surface area contributed by atoms with Crippen LogP contribution in [0.1, 0.15) is 25.7 Å². The van der Waals surface area contributed by atoms with Crippen molar-refractivity contribution in [1.29, 1.82) is 0 Å². The summed E-state index contributed by atoms with van der Waals surface area (Å²) in [5.41, 5.74) is 1.08. The Balaban J connectivity index is 1.62. The summed E-state index contributed by atoms with van der Waals surface area (Å²) < 4.78 is 17.9. The zero-order valence-corrected chi connectivity index (χ0v) is 13.2. The zero-order chi connectivity index (χ0) is 14.0. The van der Waals surface area contributed by atoms with E-state index in [1.165, 1.54) is 0 Å². The summed E-state index contributed by atoms with van der Waals surface area (Å²) in [6.45, 7) is 1.47. The highest BCUT2D eigenvalue weighted by atomic mass is 79.9. The second-order valence-corrected chi connectivity index (χ2v) is 6.23. The molecule has 5 heteroatoms. The van der Waals surface area contributed by atoms with E-state index in [4.69, 9.17) is 14.2 Å². The minimum absolute atomic E-state index is 0.288. The first-order valence-electron chi connectivity index (χ1n) is 7.09. The molecule has 0 aromatic heterocycles. The predicted octanol–water partition coefficient (Wildman–Crippen LogP) is 3.56. The van der Waals surface area contributed by atoms with Crippen LogP contribution in [0.5, 0.6) is 5.75 Å². The number of hydrogen-bond acceptors (Lipinski definition) is 4. The van der Waals surface area contributed by atoms with Gasteiger partial charge in [-0.15, -0.1) is 0 Å². The first-order valence-corrected chi connectivity index (χ1v) is 7.88. The van der Waals surface area contributed by atoms with E-state index in [-0.39, 0.29) is 5.79 Å².